The summed E-state index contributed by atoms with van der Waals surface area (Å²) in [5.74, 6) is 0.528. The minimum Gasteiger partial charge on any atom is -0.352 e. The highest BCUT2D eigenvalue weighted by atomic mass is 32.2. The summed E-state index contributed by atoms with van der Waals surface area (Å²) < 4.78 is 26.2. The van der Waals surface area contributed by atoms with E-state index in [4.69, 9.17) is 0 Å². The quantitative estimate of drug-likeness (QED) is 0.817. The third kappa shape index (κ3) is 3.39. The Balaban J connectivity index is 1.24. The predicted octanol–water partition coefficient (Wildman–Crippen LogP) is 2.96. The molecule has 158 valence electrons. The lowest BCUT2D eigenvalue weighted by Gasteiger charge is -2.37. The molecular weight excluding hydrogens is 398 g/mol. The maximum atomic E-state index is 12.9. The number of carbonyl (C=O) groups is 1. The standard InChI is InChI=1S/C23H27N3O3S/c1-30(28,29)26-15-23(19-6-2-3-7-21(19)26)10-8-16(9-11-23)22(27)25-20-13-18(20)17-5-4-12-24-14-17/h2-7,12,14,16,18,20H,8-11,13,15H2,1H3,(H,25,27). The third-order valence-corrected chi connectivity index (χ3v) is 8.26. The van der Waals surface area contributed by atoms with Gasteiger partial charge in [0, 0.05) is 42.2 Å². The topological polar surface area (TPSA) is 79.4 Å². The second kappa shape index (κ2) is 7.08. The van der Waals surface area contributed by atoms with Gasteiger partial charge in [-0.2, -0.15) is 0 Å². The van der Waals surface area contributed by atoms with Crippen molar-refractivity contribution >= 4 is 21.6 Å². The van der Waals surface area contributed by atoms with Crippen LogP contribution in [0.15, 0.2) is 48.8 Å². The number of pyridine rings is 1. The van der Waals surface area contributed by atoms with Crippen LogP contribution in [0.25, 0.3) is 0 Å². The second-order valence-corrected chi connectivity index (χ2v) is 11.0. The molecule has 2 heterocycles. The van der Waals surface area contributed by atoms with Gasteiger partial charge in [-0.15, -0.1) is 0 Å². The van der Waals surface area contributed by atoms with E-state index in [1.54, 1.807) is 10.5 Å². The number of hydrogen-bond donors (Lipinski definition) is 1. The number of benzene rings is 1. The van der Waals surface area contributed by atoms with Crippen molar-refractivity contribution in [1.29, 1.82) is 0 Å². The van der Waals surface area contributed by atoms with Gasteiger partial charge in [-0.1, -0.05) is 24.3 Å². The Bertz CT molecular complexity index is 1060. The van der Waals surface area contributed by atoms with Crippen LogP contribution in [0.3, 0.4) is 0 Å². The van der Waals surface area contributed by atoms with Crippen LogP contribution in [-0.2, 0) is 20.2 Å². The highest BCUT2D eigenvalue weighted by molar-refractivity contribution is 7.92. The van der Waals surface area contributed by atoms with E-state index in [1.807, 2.05) is 30.5 Å². The zero-order valence-electron chi connectivity index (χ0n) is 17.1. The van der Waals surface area contributed by atoms with Gasteiger partial charge in [-0.25, -0.2) is 8.42 Å². The smallest absolute Gasteiger partial charge is 0.232 e. The van der Waals surface area contributed by atoms with Crippen LogP contribution in [0.4, 0.5) is 5.69 Å². The summed E-state index contributed by atoms with van der Waals surface area (Å²) in [4.78, 5) is 17.0. The van der Waals surface area contributed by atoms with Crippen LogP contribution >= 0.6 is 0 Å². The first kappa shape index (κ1) is 19.5. The number of carbonyl (C=O) groups excluding carboxylic acids is 1. The van der Waals surface area contributed by atoms with E-state index < -0.39 is 10.0 Å². The van der Waals surface area contributed by atoms with Gasteiger partial charge in [-0.05, 0) is 55.4 Å². The van der Waals surface area contributed by atoms with Crippen molar-refractivity contribution in [2.24, 2.45) is 5.92 Å². The zero-order chi connectivity index (χ0) is 20.9. The van der Waals surface area contributed by atoms with E-state index in [-0.39, 0.29) is 23.3 Å². The number of para-hydroxylation sites is 1. The first-order valence-corrected chi connectivity index (χ1v) is 12.5. The maximum absolute atomic E-state index is 12.9. The number of sulfonamides is 1. The van der Waals surface area contributed by atoms with Crippen molar-refractivity contribution in [2.75, 3.05) is 17.1 Å². The molecule has 30 heavy (non-hydrogen) atoms. The molecule has 5 rings (SSSR count). The lowest BCUT2D eigenvalue weighted by atomic mass is 9.67. The van der Waals surface area contributed by atoms with Gasteiger partial charge >= 0.3 is 0 Å². The van der Waals surface area contributed by atoms with E-state index in [0.29, 0.717) is 12.5 Å². The van der Waals surface area contributed by atoms with Gasteiger partial charge in [0.1, 0.15) is 0 Å². The number of nitrogens with one attached hydrogen (secondary N) is 1. The lowest BCUT2D eigenvalue weighted by Crippen LogP contribution is -2.42. The Labute approximate surface area is 177 Å². The summed E-state index contributed by atoms with van der Waals surface area (Å²) in [5.41, 5.74) is 2.94. The fourth-order valence-electron chi connectivity index (χ4n) is 5.36. The molecule has 7 heteroatoms. The number of hydrogen-bond acceptors (Lipinski definition) is 4. The molecule has 2 fully saturated rings. The van der Waals surface area contributed by atoms with E-state index in [2.05, 4.69) is 22.4 Å². The third-order valence-electron chi connectivity index (χ3n) is 7.13. The minimum atomic E-state index is -3.31. The average molecular weight is 426 g/mol. The van der Waals surface area contributed by atoms with Crippen molar-refractivity contribution < 1.29 is 13.2 Å². The van der Waals surface area contributed by atoms with Gasteiger partial charge in [0.15, 0.2) is 0 Å². The van der Waals surface area contributed by atoms with Crippen LogP contribution in [0.2, 0.25) is 0 Å². The summed E-state index contributed by atoms with van der Waals surface area (Å²) >= 11 is 0. The summed E-state index contributed by atoms with van der Waals surface area (Å²) in [6.07, 6.45) is 9.16. The monoisotopic (exact) mass is 425 g/mol. The molecule has 2 saturated carbocycles. The molecule has 1 spiro atoms. The molecule has 2 aliphatic carbocycles. The molecule has 2 unspecified atom stereocenters. The van der Waals surface area contributed by atoms with Crippen LogP contribution < -0.4 is 9.62 Å². The first-order valence-electron chi connectivity index (χ1n) is 10.6. The molecule has 2 atom stereocenters. The van der Waals surface area contributed by atoms with Crippen molar-refractivity contribution in [3.8, 4) is 0 Å². The van der Waals surface area contributed by atoms with E-state index in [9.17, 15) is 13.2 Å². The molecule has 6 nitrogen and oxygen atoms in total. The first-order chi connectivity index (χ1) is 14.4. The van der Waals surface area contributed by atoms with Gasteiger partial charge < -0.3 is 5.32 Å². The molecule has 1 aromatic carbocycles. The molecular formula is C23H27N3O3S. The fourth-order valence-corrected chi connectivity index (χ4v) is 6.36. The second-order valence-electron chi connectivity index (χ2n) is 9.09. The predicted molar refractivity (Wildman–Crippen MR) is 116 cm³/mol. The van der Waals surface area contributed by atoms with Crippen LogP contribution in [0.1, 0.15) is 49.1 Å². The van der Waals surface area contributed by atoms with Crippen molar-refractivity contribution in [2.45, 2.75) is 49.5 Å². The molecule has 1 aliphatic heterocycles. The summed E-state index contributed by atoms with van der Waals surface area (Å²) in [6.45, 7) is 0.491. The van der Waals surface area contributed by atoms with E-state index in [0.717, 1.165) is 43.4 Å². The zero-order valence-corrected chi connectivity index (χ0v) is 17.9. The van der Waals surface area contributed by atoms with Crippen LogP contribution in [0, 0.1) is 5.92 Å². The fraction of sp³-hybridized carbons (Fsp3) is 0.478. The minimum absolute atomic E-state index is 0.00483. The van der Waals surface area contributed by atoms with E-state index in [1.165, 1.54) is 11.8 Å². The van der Waals surface area contributed by atoms with Crippen LogP contribution in [0.5, 0.6) is 0 Å². The van der Waals surface area contributed by atoms with Crippen molar-refractivity contribution in [3.63, 3.8) is 0 Å². The number of amides is 1. The van der Waals surface area contributed by atoms with Gasteiger partial charge in [0.2, 0.25) is 15.9 Å². The van der Waals surface area contributed by atoms with Crippen LogP contribution in [-0.4, -0.2) is 38.2 Å². The molecule has 1 aromatic heterocycles. The number of aromatic nitrogens is 1. The van der Waals surface area contributed by atoms with Gasteiger partial charge in [0.25, 0.3) is 0 Å². The summed E-state index contributed by atoms with van der Waals surface area (Å²) in [7, 11) is -3.31. The van der Waals surface area contributed by atoms with E-state index >= 15 is 0 Å². The Kier molecular flexibility index (Phi) is 4.61. The number of nitrogens with zero attached hydrogens (tertiary/aromatic N) is 2. The Morgan fingerprint density at radius 2 is 1.93 bits per heavy atom. The molecule has 0 radical (unpaired) electrons. The number of rotatable bonds is 4. The van der Waals surface area contributed by atoms with Crippen molar-refractivity contribution in [3.05, 3.63) is 59.9 Å². The highest BCUT2D eigenvalue weighted by Crippen LogP contribution is 2.51. The van der Waals surface area contributed by atoms with Gasteiger partial charge in [-0.3, -0.25) is 14.1 Å². The maximum Gasteiger partial charge on any atom is 0.232 e. The number of fused-ring (bicyclic) bond motifs is 2. The average Bonchev–Trinajstić information content (AvgIpc) is 3.43. The normalized spacial score (nSPS) is 30.2. The molecule has 2 aromatic rings. The summed E-state index contributed by atoms with van der Waals surface area (Å²) in [6, 6.07) is 12.1. The SMILES string of the molecule is CS(=O)(=O)N1CC2(CCC(C(=O)NC3CC3c3cccnc3)CC2)c2ccccc21. The largest absolute Gasteiger partial charge is 0.352 e. The molecule has 0 saturated heterocycles. The molecule has 3 aliphatic rings. The van der Waals surface area contributed by atoms with Crippen molar-refractivity contribution in [1.82, 2.24) is 10.3 Å². The molecule has 0 bridgehead atoms. The molecule has 1 N–H and O–H groups in total. The Morgan fingerprint density at radius 1 is 1.17 bits per heavy atom. The lowest BCUT2D eigenvalue weighted by molar-refractivity contribution is -0.126. The Morgan fingerprint density at radius 3 is 2.63 bits per heavy atom. The molecule has 1 amide bonds. The summed E-state index contributed by atoms with van der Waals surface area (Å²) in [5, 5.41) is 3.23. The van der Waals surface area contributed by atoms with Gasteiger partial charge in [0.05, 0.1) is 11.9 Å². The highest BCUT2D eigenvalue weighted by Gasteiger charge is 2.48. The number of anilines is 1. The Hall–Kier alpha value is -2.41.